The topological polar surface area (TPSA) is 26.3 Å². The van der Waals surface area contributed by atoms with Gasteiger partial charge in [0.2, 0.25) is 0 Å². The third kappa shape index (κ3) is 8.87. The number of ether oxygens (including phenoxy) is 1. The Bertz CT molecular complexity index is 1750. The summed E-state index contributed by atoms with van der Waals surface area (Å²) in [5.41, 5.74) is 3.32. The van der Waals surface area contributed by atoms with Crippen molar-refractivity contribution in [1.82, 2.24) is 0 Å². The smallest absolute Gasteiger partial charge is 0.159 e. The first-order valence-corrected chi connectivity index (χ1v) is 14.8. The third-order valence-corrected chi connectivity index (χ3v) is 7.53. The molecule has 0 spiro atoms. The van der Waals surface area contributed by atoms with Crippen LogP contribution in [0.3, 0.4) is 0 Å². The zero-order chi connectivity index (χ0) is 33.1. The number of hydrogen-bond donors (Lipinski definition) is 0. The molecule has 0 bridgehead atoms. The van der Waals surface area contributed by atoms with E-state index >= 15 is 0 Å². The molecule has 0 atom stereocenters. The van der Waals surface area contributed by atoms with Crippen LogP contribution in [-0.4, -0.2) is 13.4 Å². The SMILES string of the molecule is C=O.Fc1ccc(-c2ccc(CCCCCCCOc3ccc(-c4ccc(-c5ccc(F)c(F)c5)c(F)c4)cc3)cc2F)cc1F. The molecule has 5 aromatic rings. The highest BCUT2D eigenvalue weighted by Crippen LogP contribution is 2.30. The first-order valence-electron chi connectivity index (χ1n) is 14.8. The van der Waals surface area contributed by atoms with Gasteiger partial charge in [0.05, 0.1) is 6.61 Å². The highest BCUT2D eigenvalue weighted by Gasteiger charge is 2.12. The van der Waals surface area contributed by atoms with Crippen molar-refractivity contribution in [2.75, 3.05) is 6.61 Å². The van der Waals surface area contributed by atoms with Crippen LogP contribution in [-0.2, 0) is 11.2 Å². The summed E-state index contributed by atoms with van der Waals surface area (Å²) < 4.78 is 88.6. The minimum absolute atomic E-state index is 0.192. The molecule has 0 heterocycles. The van der Waals surface area contributed by atoms with Crippen molar-refractivity contribution in [2.24, 2.45) is 0 Å². The monoisotopic (exact) mass is 634 g/mol. The van der Waals surface area contributed by atoms with Crippen LogP contribution in [0.25, 0.3) is 33.4 Å². The molecule has 0 unspecified atom stereocenters. The van der Waals surface area contributed by atoms with Gasteiger partial charge in [-0.05, 0) is 95.6 Å². The molecule has 0 aromatic heterocycles. The molecule has 5 aromatic carbocycles. The molecule has 5 rings (SSSR count). The van der Waals surface area contributed by atoms with E-state index in [1.54, 1.807) is 18.2 Å². The molecule has 0 radical (unpaired) electrons. The number of carbonyl (C=O) groups excluding carboxylic acids is 1. The van der Waals surface area contributed by atoms with E-state index in [0.29, 0.717) is 23.5 Å². The Morgan fingerprint density at radius 3 is 1.48 bits per heavy atom. The van der Waals surface area contributed by atoms with Crippen LogP contribution < -0.4 is 4.74 Å². The predicted molar refractivity (Wildman–Crippen MR) is 168 cm³/mol. The van der Waals surface area contributed by atoms with Crippen LogP contribution in [0, 0.1) is 34.9 Å². The number of aryl methyl sites for hydroxylation is 1. The Kier molecular flexibility index (Phi) is 12.2. The number of carbonyl (C=O) groups is 1. The molecule has 2 nitrogen and oxygen atoms in total. The maximum atomic E-state index is 14.8. The second-order valence-corrected chi connectivity index (χ2v) is 10.7. The Hall–Kier alpha value is -4.85. The summed E-state index contributed by atoms with van der Waals surface area (Å²) in [5.74, 6) is -4.24. The highest BCUT2D eigenvalue weighted by atomic mass is 19.2. The Labute approximate surface area is 264 Å². The van der Waals surface area contributed by atoms with Crippen LogP contribution in [0.1, 0.15) is 37.7 Å². The highest BCUT2D eigenvalue weighted by molar-refractivity contribution is 5.71. The lowest BCUT2D eigenvalue weighted by molar-refractivity contribution is -0.0980. The average Bonchev–Trinajstić information content (AvgIpc) is 3.06. The van der Waals surface area contributed by atoms with E-state index in [0.717, 1.165) is 73.9 Å². The summed E-state index contributed by atoms with van der Waals surface area (Å²) in [7, 11) is 0. The van der Waals surface area contributed by atoms with Gasteiger partial charge in [-0.15, -0.1) is 0 Å². The molecule has 0 aliphatic heterocycles. The molecule has 0 N–H and O–H groups in total. The van der Waals surface area contributed by atoms with Crippen molar-refractivity contribution in [3.8, 4) is 39.1 Å². The maximum absolute atomic E-state index is 14.8. The fourth-order valence-electron chi connectivity index (χ4n) is 5.10. The number of hydrogen-bond acceptors (Lipinski definition) is 2. The van der Waals surface area contributed by atoms with E-state index in [4.69, 9.17) is 9.53 Å². The molecule has 0 saturated carbocycles. The molecule has 46 heavy (non-hydrogen) atoms. The summed E-state index contributed by atoms with van der Waals surface area (Å²) in [4.78, 5) is 8.00. The number of halogens is 6. The van der Waals surface area contributed by atoms with Crippen LogP contribution in [0.4, 0.5) is 26.3 Å². The van der Waals surface area contributed by atoms with Crippen LogP contribution >= 0.6 is 0 Å². The zero-order valence-electron chi connectivity index (χ0n) is 25.0. The minimum Gasteiger partial charge on any atom is -0.494 e. The summed E-state index contributed by atoms with van der Waals surface area (Å²) in [6.45, 7) is 2.56. The van der Waals surface area contributed by atoms with Crippen molar-refractivity contribution in [3.63, 3.8) is 0 Å². The first-order chi connectivity index (χ1) is 22.3. The van der Waals surface area contributed by atoms with Gasteiger partial charge in [0.15, 0.2) is 23.3 Å². The van der Waals surface area contributed by atoms with Crippen molar-refractivity contribution in [2.45, 2.75) is 38.5 Å². The molecule has 8 heteroatoms. The lowest BCUT2D eigenvalue weighted by Gasteiger charge is -2.10. The zero-order valence-corrected chi connectivity index (χ0v) is 25.0. The van der Waals surface area contributed by atoms with E-state index in [2.05, 4.69) is 0 Å². The summed E-state index contributed by atoms with van der Waals surface area (Å²) in [5, 5.41) is 0. The van der Waals surface area contributed by atoms with Crippen LogP contribution in [0.5, 0.6) is 5.75 Å². The summed E-state index contributed by atoms with van der Waals surface area (Å²) in [6, 6.07) is 23.5. The molecular weight excluding hydrogens is 602 g/mol. The van der Waals surface area contributed by atoms with Crippen molar-refractivity contribution in [3.05, 3.63) is 138 Å². The number of rotatable bonds is 12. The molecule has 0 aliphatic carbocycles. The van der Waals surface area contributed by atoms with Gasteiger partial charge in [-0.25, -0.2) is 26.3 Å². The molecule has 0 amide bonds. The van der Waals surface area contributed by atoms with Gasteiger partial charge in [-0.3, -0.25) is 0 Å². The molecule has 0 fully saturated rings. The van der Waals surface area contributed by atoms with E-state index in [1.165, 1.54) is 24.3 Å². The van der Waals surface area contributed by atoms with Gasteiger partial charge >= 0.3 is 0 Å². The average molecular weight is 635 g/mol. The van der Waals surface area contributed by atoms with Gasteiger partial charge in [-0.1, -0.05) is 67.8 Å². The van der Waals surface area contributed by atoms with Gasteiger partial charge in [0.1, 0.15) is 24.2 Å². The second kappa shape index (κ2) is 16.5. The standard InChI is InChI=1S/C37H30F6O.CH2O/c38-32-17-11-27(22-36(32)42)30-15-7-24(20-34(30)40)6-4-2-1-3-5-19-44-29-13-8-25(9-14-29)26-10-16-31(35(41)21-26)28-12-18-33(39)37(43)23-28;1-2/h7-18,20-23H,1-6,19H2;1H2. The number of benzene rings is 5. The minimum atomic E-state index is -1.02. The van der Waals surface area contributed by atoms with Gasteiger partial charge in [0, 0.05) is 11.1 Å². The fourth-order valence-corrected chi connectivity index (χ4v) is 5.10. The Morgan fingerprint density at radius 1 is 0.435 bits per heavy atom. The summed E-state index contributed by atoms with van der Waals surface area (Å²) in [6.07, 6.45) is 5.53. The molecule has 0 saturated heterocycles. The third-order valence-electron chi connectivity index (χ3n) is 7.53. The lowest BCUT2D eigenvalue weighted by Crippen LogP contribution is -1.97. The Morgan fingerprint density at radius 2 is 0.913 bits per heavy atom. The van der Waals surface area contributed by atoms with Gasteiger partial charge < -0.3 is 9.53 Å². The fraction of sp³-hybridized carbons (Fsp3) is 0.184. The van der Waals surface area contributed by atoms with E-state index in [9.17, 15) is 26.3 Å². The van der Waals surface area contributed by atoms with E-state index < -0.39 is 34.9 Å². The largest absolute Gasteiger partial charge is 0.494 e. The second-order valence-electron chi connectivity index (χ2n) is 10.7. The summed E-state index contributed by atoms with van der Waals surface area (Å²) >= 11 is 0. The lowest BCUT2D eigenvalue weighted by atomic mass is 9.99. The van der Waals surface area contributed by atoms with E-state index in [-0.39, 0.29) is 16.7 Å². The molecule has 0 aliphatic rings. The maximum Gasteiger partial charge on any atom is 0.159 e. The normalized spacial score (nSPS) is 10.7. The first kappa shape index (κ1) is 34.0. The van der Waals surface area contributed by atoms with Crippen molar-refractivity contribution >= 4 is 6.79 Å². The quantitative estimate of drug-likeness (QED) is 0.101. The predicted octanol–water partition coefficient (Wildman–Crippen LogP) is 10.9. The molecular formula is C38H32F6O2. The van der Waals surface area contributed by atoms with E-state index in [1.807, 2.05) is 37.1 Å². The van der Waals surface area contributed by atoms with Gasteiger partial charge in [0.25, 0.3) is 0 Å². The van der Waals surface area contributed by atoms with Crippen LogP contribution in [0.2, 0.25) is 0 Å². The van der Waals surface area contributed by atoms with Crippen LogP contribution in [0.15, 0.2) is 97.1 Å². The van der Waals surface area contributed by atoms with Crippen molar-refractivity contribution < 1.29 is 35.9 Å². The number of unbranched alkanes of at least 4 members (excludes halogenated alkanes) is 4. The molecule has 238 valence electrons. The van der Waals surface area contributed by atoms with Gasteiger partial charge in [-0.2, -0.15) is 0 Å². The van der Waals surface area contributed by atoms with Crippen molar-refractivity contribution in [1.29, 1.82) is 0 Å². The Balaban J connectivity index is 0.00000235.